The number of amides is 1. The molecule has 1 fully saturated rings. The second kappa shape index (κ2) is 12.2. The zero-order chi connectivity index (χ0) is 22.1. The Morgan fingerprint density at radius 3 is 2.65 bits per heavy atom. The van der Waals surface area contributed by atoms with E-state index in [2.05, 4.69) is 42.4 Å². The Morgan fingerprint density at radius 1 is 1.19 bits per heavy atom. The summed E-state index contributed by atoms with van der Waals surface area (Å²) in [5.74, 6) is 1.07. The Hall–Kier alpha value is -1.94. The Morgan fingerprint density at radius 2 is 1.94 bits per heavy atom. The quantitative estimate of drug-likeness (QED) is 0.375. The van der Waals surface area contributed by atoms with Crippen LogP contribution in [0.5, 0.6) is 11.5 Å². The van der Waals surface area contributed by atoms with E-state index < -0.39 is 0 Å². The summed E-state index contributed by atoms with van der Waals surface area (Å²) in [6.45, 7) is 5.94. The lowest BCUT2D eigenvalue weighted by Gasteiger charge is -2.25. The van der Waals surface area contributed by atoms with Gasteiger partial charge in [0.15, 0.2) is 11.5 Å². The topological polar surface area (TPSA) is 72.4 Å². The molecule has 2 aromatic rings. The van der Waals surface area contributed by atoms with E-state index in [9.17, 15) is 4.79 Å². The summed E-state index contributed by atoms with van der Waals surface area (Å²) in [5.41, 5.74) is 4.40. The van der Waals surface area contributed by atoms with E-state index in [4.69, 9.17) is 14.2 Å². The van der Waals surface area contributed by atoms with E-state index in [-0.39, 0.29) is 5.91 Å². The predicted octanol–water partition coefficient (Wildman–Crippen LogP) is 3.97. The van der Waals surface area contributed by atoms with Gasteiger partial charge in [-0.1, -0.05) is 28.1 Å². The summed E-state index contributed by atoms with van der Waals surface area (Å²) < 4.78 is 18.8. The molecule has 7 nitrogen and oxygen atoms in total. The molecule has 1 aliphatic rings. The van der Waals surface area contributed by atoms with Crippen molar-refractivity contribution >= 4 is 44.0 Å². The molecular weight excluding hydrogens is 530 g/mol. The van der Waals surface area contributed by atoms with Crippen LogP contribution in [0.25, 0.3) is 0 Å². The minimum absolute atomic E-state index is 0.156. The molecule has 2 aromatic carbocycles. The van der Waals surface area contributed by atoms with Gasteiger partial charge in [0.1, 0.15) is 6.61 Å². The van der Waals surface area contributed by atoms with Gasteiger partial charge < -0.3 is 14.2 Å². The zero-order valence-electron chi connectivity index (χ0n) is 17.3. The number of morpholine rings is 1. The van der Waals surface area contributed by atoms with E-state index in [1.165, 1.54) is 0 Å². The molecule has 0 bridgehead atoms. The number of carbonyl (C=O) groups excluding carboxylic acids is 1. The molecule has 1 amide bonds. The van der Waals surface area contributed by atoms with E-state index >= 15 is 0 Å². The first kappa shape index (κ1) is 23.7. The molecule has 0 aromatic heterocycles. The number of carbonyl (C=O) groups is 1. The molecule has 1 N–H and O–H groups in total. The number of halogens is 2. The largest absolute Gasteiger partial charge is 0.490 e. The molecule has 166 valence electrons. The lowest BCUT2D eigenvalue weighted by Crippen LogP contribution is -2.42. The lowest BCUT2D eigenvalue weighted by atomic mass is 10.2. The Bertz CT molecular complexity index is 900. The fraction of sp³-hybridized carbons (Fsp3) is 0.364. The van der Waals surface area contributed by atoms with Gasteiger partial charge >= 0.3 is 0 Å². The van der Waals surface area contributed by atoms with Gasteiger partial charge in [0.25, 0.3) is 5.91 Å². The summed E-state index contributed by atoms with van der Waals surface area (Å²) in [4.78, 5) is 14.1. The number of nitrogens with zero attached hydrogens (tertiary/aromatic N) is 2. The van der Waals surface area contributed by atoms with E-state index in [1.807, 2.05) is 48.2 Å². The summed E-state index contributed by atoms with van der Waals surface area (Å²) in [5, 5.41) is 4.08. The van der Waals surface area contributed by atoms with Crippen LogP contribution in [0.1, 0.15) is 18.1 Å². The molecule has 1 saturated heterocycles. The van der Waals surface area contributed by atoms with E-state index in [1.54, 1.807) is 6.21 Å². The molecule has 0 atom stereocenters. The lowest BCUT2D eigenvalue weighted by molar-refractivity contribution is -0.123. The fourth-order valence-electron chi connectivity index (χ4n) is 2.98. The van der Waals surface area contributed by atoms with Gasteiger partial charge in [0.05, 0.1) is 37.1 Å². The number of benzene rings is 2. The van der Waals surface area contributed by atoms with Crippen molar-refractivity contribution in [2.75, 3.05) is 39.5 Å². The van der Waals surface area contributed by atoms with Crippen LogP contribution in [0.3, 0.4) is 0 Å². The summed E-state index contributed by atoms with van der Waals surface area (Å²) in [7, 11) is 0. The average Bonchev–Trinajstić information content (AvgIpc) is 2.75. The maximum Gasteiger partial charge on any atom is 0.254 e. The highest BCUT2D eigenvalue weighted by Crippen LogP contribution is 2.37. The van der Waals surface area contributed by atoms with Gasteiger partial charge in [0.2, 0.25) is 0 Å². The molecule has 31 heavy (non-hydrogen) atoms. The Kier molecular flexibility index (Phi) is 9.32. The van der Waals surface area contributed by atoms with Crippen LogP contribution in [0.15, 0.2) is 50.4 Å². The maximum atomic E-state index is 12.1. The third kappa shape index (κ3) is 7.60. The summed E-state index contributed by atoms with van der Waals surface area (Å²) >= 11 is 6.99. The Balaban J connectivity index is 1.62. The second-order valence-electron chi connectivity index (χ2n) is 6.86. The van der Waals surface area contributed by atoms with Crippen molar-refractivity contribution in [2.45, 2.75) is 13.5 Å². The first-order valence-electron chi connectivity index (χ1n) is 10.0. The maximum absolute atomic E-state index is 12.1. The molecule has 0 saturated carbocycles. The standard InChI is InChI=1S/C22H25Br2N3O4/c1-2-30-20-12-17(13-25-26-21(28)14-27-7-9-29-10-8-27)11-19(24)22(20)31-15-16-3-5-18(23)6-4-16/h3-6,11-13H,2,7-10,14-15H2,1H3,(H,26,28)/b25-13+. The van der Waals surface area contributed by atoms with E-state index in [0.29, 0.717) is 44.5 Å². The van der Waals surface area contributed by atoms with Crippen LogP contribution in [0.4, 0.5) is 0 Å². The second-order valence-corrected chi connectivity index (χ2v) is 8.63. The van der Waals surface area contributed by atoms with Gasteiger partial charge in [-0.2, -0.15) is 5.10 Å². The van der Waals surface area contributed by atoms with Crippen LogP contribution < -0.4 is 14.9 Å². The molecule has 0 unspecified atom stereocenters. The van der Waals surface area contributed by atoms with Gasteiger partial charge in [-0.05, 0) is 58.2 Å². The third-order valence-electron chi connectivity index (χ3n) is 4.50. The normalized spacial score (nSPS) is 14.5. The first-order chi connectivity index (χ1) is 15.0. The molecule has 0 aliphatic carbocycles. The molecular formula is C22H25Br2N3O4. The van der Waals surface area contributed by atoms with Crippen molar-refractivity contribution in [3.8, 4) is 11.5 Å². The van der Waals surface area contributed by atoms with Crippen LogP contribution in [-0.2, 0) is 16.1 Å². The number of hydrazone groups is 1. The monoisotopic (exact) mass is 553 g/mol. The van der Waals surface area contributed by atoms with Gasteiger partial charge in [-0.15, -0.1) is 0 Å². The van der Waals surface area contributed by atoms with Crippen molar-refractivity contribution in [1.82, 2.24) is 10.3 Å². The zero-order valence-corrected chi connectivity index (χ0v) is 20.4. The number of hydrogen-bond donors (Lipinski definition) is 1. The number of hydrogen-bond acceptors (Lipinski definition) is 6. The van der Waals surface area contributed by atoms with Crippen molar-refractivity contribution in [3.63, 3.8) is 0 Å². The molecule has 3 rings (SSSR count). The number of rotatable bonds is 9. The van der Waals surface area contributed by atoms with Crippen LogP contribution in [0, 0.1) is 0 Å². The van der Waals surface area contributed by atoms with Crippen LogP contribution in [0.2, 0.25) is 0 Å². The highest BCUT2D eigenvalue weighted by Gasteiger charge is 2.14. The molecule has 1 aliphatic heterocycles. The van der Waals surface area contributed by atoms with Crippen molar-refractivity contribution in [1.29, 1.82) is 0 Å². The molecule has 0 radical (unpaired) electrons. The summed E-state index contributed by atoms with van der Waals surface area (Å²) in [6.07, 6.45) is 1.59. The number of nitrogens with one attached hydrogen (secondary N) is 1. The molecule has 0 spiro atoms. The van der Waals surface area contributed by atoms with Gasteiger partial charge in [-0.25, -0.2) is 5.43 Å². The van der Waals surface area contributed by atoms with Gasteiger partial charge in [0, 0.05) is 17.6 Å². The van der Waals surface area contributed by atoms with Crippen molar-refractivity contribution < 1.29 is 19.0 Å². The van der Waals surface area contributed by atoms with Crippen molar-refractivity contribution in [3.05, 3.63) is 56.5 Å². The fourth-order valence-corrected chi connectivity index (χ4v) is 3.82. The third-order valence-corrected chi connectivity index (χ3v) is 5.62. The smallest absolute Gasteiger partial charge is 0.254 e. The molecule has 9 heteroatoms. The minimum Gasteiger partial charge on any atom is -0.490 e. The minimum atomic E-state index is -0.156. The average molecular weight is 555 g/mol. The molecule has 1 heterocycles. The first-order valence-corrected chi connectivity index (χ1v) is 11.6. The van der Waals surface area contributed by atoms with Crippen molar-refractivity contribution in [2.24, 2.45) is 5.10 Å². The highest BCUT2D eigenvalue weighted by molar-refractivity contribution is 9.10. The van der Waals surface area contributed by atoms with Crippen LogP contribution >= 0.6 is 31.9 Å². The van der Waals surface area contributed by atoms with Crippen LogP contribution in [-0.4, -0.2) is 56.5 Å². The highest BCUT2D eigenvalue weighted by atomic mass is 79.9. The van der Waals surface area contributed by atoms with Gasteiger partial charge in [-0.3, -0.25) is 9.69 Å². The Labute approximate surface area is 199 Å². The summed E-state index contributed by atoms with van der Waals surface area (Å²) in [6, 6.07) is 11.7. The number of ether oxygens (including phenoxy) is 3. The SMILES string of the molecule is CCOc1cc(/C=N/NC(=O)CN2CCOCC2)cc(Br)c1OCc1ccc(Br)cc1. The predicted molar refractivity (Wildman–Crippen MR) is 127 cm³/mol. The van der Waals surface area contributed by atoms with E-state index in [0.717, 1.165) is 33.2 Å².